The van der Waals surface area contributed by atoms with Crippen LogP contribution in [0.1, 0.15) is 90.4 Å². The fourth-order valence-electron chi connectivity index (χ4n) is 2.60. The molecule has 4 heteroatoms. The zero-order valence-corrected chi connectivity index (χ0v) is 17.8. The summed E-state index contributed by atoms with van der Waals surface area (Å²) in [6.07, 6.45) is 20.5. The number of alkyl halides is 2. The number of carboxylic acid groups (broad SMARTS) is 1. The molecule has 136 valence electrons. The lowest BCUT2D eigenvalue weighted by molar-refractivity contribution is -0.141. The molecule has 0 bridgehead atoms. The van der Waals surface area contributed by atoms with E-state index in [0.29, 0.717) is 0 Å². The van der Waals surface area contributed by atoms with Crippen molar-refractivity contribution in [2.24, 2.45) is 5.92 Å². The van der Waals surface area contributed by atoms with Gasteiger partial charge in [-0.25, -0.2) is 0 Å². The van der Waals surface area contributed by atoms with Gasteiger partial charge in [-0.15, -0.1) is 0 Å². The van der Waals surface area contributed by atoms with Crippen molar-refractivity contribution in [1.29, 1.82) is 0 Å². The first-order chi connectivity index (χ1) is 11.1. The van der Waals surface area contributed by atoms with E-state index in [1.807, 2.05) is 0 Å². The molecule has 0 saturated carbocycles. The molecule has 1 atom stereocenters. The summed E-state index contributed by atoms with van der Waals surface area (Å²) in [5.74, 6) is -1.03. The monoisotopic (exact) mass is 452 g/mol. The zero-order valence-electron chi connectivity index (χ0n) is 14.6. The van der Waals surface area contributed by atoms with Crippen molar-refractivity contribution in [2.75, 3.05) is 0 Å². The number of carbonyl (C=O) groups is 1. The highest BCUT2D eigenvalue weighted by atomic mass is 79.9. The van der Waals surface area contributed by atoms with Crippen LogP contribution >= 0.6 is 31.9 Å². The van der Waals surface area contributed by atoms with Crippen LogP contribution in [0.4, 0.5) is 0 Å². The number of unbranched alkanes of at least 4 members (excludes halogenated alkanes) is 10. The molecule has 0 aliphatic carbocycles. The molecule has 0 saturated heterocycles. The molecular formula is C19H34Br2O2. The molecule has 1 N–H and O–H groups in total. The van der Waals surface area contributed by atoms with Crippen LogP contribution in [0.25, 0.3) is 0 Å². The predicted molar refractivity (Wildman–Crippen MR) is 108 cm³/mol. The summed E-state index contributed by atoms with van der Waals surface area (Å²) >= 11 is 6.63. The zero-order chi connectivity index (χ0) is 17.3. The molecule has 0 radical (unpaired) electrons. The first kappa shape index (κ1) is 23.2. The Hall–Kier alpha value is 0.170. The first-order valence-corrected chi connectivity index (χ1v) is 11.1. The molecule has 0 heterocycles. The fraction of sp³-hybridized carbons (Fsp3) is 0.842. The molecule has 0 aromatic heterocycles. The summed E-state index contributed by atoms with van der Waals surface area (Å²) in [6, 6.07) is 0. The molecule has 0 spiro atoms. The average molecular weight is 454 g/mol. The minimum absolute atomic E-state index is 0.122. The van der Waals surface area contributed by atoms with Crippen molar-refractivity contribution in [3.05, 3.63) is 12.2 Å². The SMILES string of the molecule is CCCC/C=C\CCCCCCCCCCC(C(=O)O)C(Br)Br. The smallest absolute Gasteiger partial charge is 0.308 e. The van der Waals surface area contributed by atoms with Crippen LogP contribution in [0.2, 0.25) is 0 Å². The van der Waals surface area contributed by atoms with Gasteiger partial charge in [-0.2, -0.15) is 0 Å². The van der Waals surface area contributed by atoms with E-state index in [1.165, 1.54) is 64.2 Å². The minimum Gasteiger partial charge on any atom is -0.481 e. The third-order valence-electron chi connectivity index (χ3n) is 4.15. The molecule has 0 amide bonds. The summed E-state index contributed by atoms with van der Waals surface area (Å²) in [7, 11) is 0. The van der Waals surface area contributed by atoms with E-state index in [4.69, 9.17) is 5.11 Å². The Morgan fingerprint density at radius 2 is 1.35 bits per heavy atom. The van der Waals surface area contributed by atoms with Gasteiger partial charge in [0, 0.05) is 0 Å². The quantitative estimate of drug-likeness (QED) is 0.149. The highest BCUT2D eigenvalue weighted by molar-refractivity contribution is 9.24. The van der Waals surface area contributed by atoms with Gasteiger partial charge in [-0.05, 0) is 25.7 Å². The molecule has 0 fully saturated rings. The molecule has 0 rings (SSSR count). The maximum atomic E-state index is 11.0. The van der Waals surface area contributed by atoms with Gasteiger partial charge in [-0.1, -0.05) is 109 Å². The lowest BCUT2D eigenvalue weighted by Crippen LogP contribution is -2.19. The van der Waals surface area contributed by atoms with Crippen LogP contribution in [0.3, 0.4) is 0 Å². The standard InChI is InChI=1S/C19H34Br2O2/c1-2-3-4-5-6-7-8-9-10-11-12-13-14-15-16-17(18(20)21)19(22)23/h5-6,17-18H,2-4,7-16H2,1H3,(H,22,23)/b6-5-. The van der Waals surface area contributed by atoms with E-state index in [9.17, 15) is 4.79 Å². The van der Waals surface area contributed by atoms with Gasteiger partial charge in [0.05, 0.1) is 9.65 Å². The summed E-state index contributed by atoms with van der Waals surface area (Å²) in [6.45, 7) is 2.23. The van der Waals surface area contributed by atoms with E-state index in [1.54, 1.807) is 0 Å². The van der Waals surface area contributed by atoms with Gasteiger partial charge in [0.25, 0.3) is 0 Å². The van der Waals surface area contributed by atoms with Gasteiger partial charge in [0.15, 0.2) is 0 Å². The molecule has 0 aliphatic heterocycles. The first-order valence-electron chi connectivity index (χ1n) is 9.25. The van der Waals surface area contributed by atoms with Gasteiger partial charge in [-0.3, -0.25) is 4.79 Å². The highest BCUT2D eigenvalue weighted by Crippen LogP contribution is 2.25. The number of halogens is 2. The number of hydrogen-bond acceptors (Lipinski definition) is 1. The fourth-order valence-corrected chi connectivity index (χ4v) is 3.58. The Morgan fingerprint density at radius 1 is 0.870 bits per heavy atom. The molecule has 23 heavy (non-hydrogen) atoms. The second-order valence-corrected chi connectivity index (χ2v) is 9.50. The van der Waals surface area contributed by atoms with E-state index >= 15 is 0 Å². The van der Waals surface area contributed by atoms with Crippen molar-refractivity contribution in [3.63, 3.8) is 0 Å². The Kier molecular flexibility index (Phi) is 17.1. The van der Waals surface area contributed by atoms with Gasteiger partial charge < -0.3 is 5.11 Å². The average Bonchev–Trinajstić information content (AvgIpc) is 2.50. The third kappa shape index (κ3) is 15.4. The summed E-state index contributed by atoms with van der Waals surface area (Å²) in [5.41, 5.74) is 0. The maximum Gasteiger partial charge on any atom is 0.308 e. The maximum absolute atomic E-state index is 11.0. The Bertz CT molecular complexity index is 304. The van der Waals surface area contributed by atoms with Crippen LogP contribution in [-0.2, 0) is 4.79 Å². The predicted octanol–water partition coefficient (Wildman–Crippen LogP) is 7.45. The van der Waals surface area contributed by atoms with Crippen LogP contribution in [-0.4, -0.2) is 14.8 Å². The topological polar surface area (TPSA) is 37.3 Å². The lowest BCUT2D eigenvalue weighted by Gasteiger charge is -2.13. The normalized spacial score (nSPS) is 13.0. The van der Waals surface area contributed by atoms with Crippen LogP contribution in [0, 0.1) is 5.92 Å². The lowest BCUT2D eigenvalue weighted by atomic mass is 10.0. The van der Waals surface area contributed by atoms with Crippen molar-refractivity contribution >= 4 is 37.8 Å². The van der Waals surface area contributed by atoms with Crippen molar-refractivity contribution < 1.29 is 9.90 Å². The second-order valence-electron chi connectivity index (χ2n) is 6.30. The van der Waals surface area contributed by atoms with Crippen LogP contribution < -0.4 is 0 Å². The van der Waals surface area contributed by atoms with Crippen molar-refractivity contribution in [3.8, 4) is 0 Å². The van der Waals surface area contributed by atoms with Crippen molar-refractivity contribution in [2.45, 2.75) is 94.1 Å². The van der Waals surface area contributed by atoms with Gasteiger partial charge in [0.2, 0.25) is 0 Å². The molecule has 0 aromatic rings. The summed E-state index contributed by atoms with van der Waals surface area (Å²) < 4.78 is -0.122. The number of allylic oxidation sites excluding steroid dienone is 2. The number of aliphatic carboxylic acids is 1. The Morgan fingerprint density at radius 3 is 1.83 bits per heavy atom. The number of hydrogen-bond donors (Lipinski definition) is 1. The highest BCUT2D eigenvalue weighted by Gasteiger charge is 2.23. The Labute approximate surface area is 159 Å². The summed E-state index contributed by atoms with van der Waals surface area (Å²) in [5, 5.41) is 9.08. The second kappa shape index (κ2) is 17.0. The summed E-state index contributed by atoms with van der Waals surface area (Å²) in [4.78, 5) is 11.0. The molecular weight excluding hydrogens is 420 g/mol. The molecule has 1 unspecified atom stereocenters. The molecule has 2 nitrogen and oxygen atoms in total. The van der Waals surface area contributed by atoms with Gasteiger partial charge in [0.1, 0.15) is 0 Å². The van der Waals surface area contributed by atoms with Crippen LogP contribution in [0.15, 0.2) is 12.2 Å². The minimum atomic E-state index is -0.715. The third-order valence-corrected chi connectivity index (χ3v) is 5.42. The molecule has 0 aromatic carbocycles. The van der Waals surface area contributed by atoms with Crippen LogP contribution in [0.5, 0.6) is 0 Å². The van der Waals surface area contributed by atoms with E-state index in [-0.39, 0.29) is 9.65 Å². The number of rotatable bonds is 16. The van der Waals surface area contributed by atoms with Gasteiger partial charge >= 0.3 is 5.97 Å². The molecule has 0 aliphatic rings. The van der Waals surface area contributed by atoms with E-state index < -0.39 is 5.97 Å². The largest absolute Gasteiger partial charge is 0.481 e. The van der Waals surface area contributed by atoms with E-state index in [0.717, 1.165) is 19.3 Å². The van der Waals surface area contributed by atoms with E-state index in [2.05, 4.69) is 50.9 Å². The number of carboxylic acids is 1. The Balaban J connectivity index is 3.30. The van der Waals surface area contributed by atoms with Crippen molar-refractivity contribution in [1.82, 2.24) is 0 Å².